The van der Waals surface area contributed by atoms with Crippen LogP contribution in [0.5, 0.6) is 5.75 Å². The molecule has 1 atom stereocenters. The number of amides is 2. The van der Waals surface area contributed by atoms with Gasteiger partial charge in [-0.25, -0.2) is 0 Å². The highest BCUT2D eigenvalue weighted by Crippen LogP contribution is 2.27. The first-order chi connectivity index (χ1) is 15.4. The van der Waals surface area contributed by atoms with Crippen molar-refractivity contribution in [2.75, 3.05) is 13.2 Å². The molecule has 2 aromatic rings. The van der Waals surface area contributed by atoms with Crippen molar-refractivity contribution in [1.82, 2.24) is 10.2 Å². The molecule has 8 heteroatoms. The number of ether oxygens (including phenoxy) is 1. The van der Waals surface area contributed by atoms with Gasteiger partial charge in [-0.15, -0.1) is 0 Å². The first-order valence-corrected chi connectivity index (χ1v) is 11.9. The molecule has 0 spiro atoms. The summed E-state index contributed by atoms with van der Waals surface area (Å²) in [6, 6.07) is 11.6. The summed E-state index contributed by atoms with van der Waals surface area (Å²) in [4.78, 5) is 27.5. The van der Waals surface area contributed by atoms with Crippen LogP contribution in [0.2, 0.25) is 15.1 Å². The van der Waals surface area contributed by atoms with Gasteiger partial charge in [0.05, 0.1) is 6.61 Å². The molecule has 0 fully saturated rings. The second-order valence-corrected chi connectivity index (χ2v) is 8.59. The van der Waals surface area contributed by atoms with Crippen LogP contribution in [-0.2, 0) is 16.1 Å². The summed E-state index contributed by atoms with van der Waals surface area (Å²) in [5, 5.41) is 4.45. The van der Waals surface area contributed by atoms with Crippen LogP contribution < -0.4 is 10.1 Å². The Morgan fingerprint density at radius 1 is 1.03 bits per heavy atom. The molecule has 0 saturated carbocycles. The van der Waals surface area contributed by atoms with Crippen molar-refractivity contribution >= 4 is 46.6 Å². The molecule has 0 bridgehead atoms. The molecule has 0 aromatic heterocycles. The van der Waals surface area contributed by atoms with Gasteiger partial charge in [-0.1, -0.05) is 54.7 Å². The van der Waals surface area contributed by atoms with Gasteiger partial charge < -0.3 is 15.0 Å². The molecule has 0 unspecified atom stereocenters. The topological polar surface area (TPSA) is 58.6 Å². The molecule has 0 aliphatic heterocycles. The molecule has 1 N–H and O–H groups in total. The van der Waals surface area contributed by atoms with Gasteiger partial charge in [-0.05, 0) is 55.7 Å². The highest BCUT2D eigenvalue weighted by molar-refractivity contribution is 6.36. The van der Waals surface area contributed by atoms with E-state index in [4.69, 9.17) is 39.5 Å². The van der Waals surface area contributed by atoms with Gasteiger partial charge in [0.25, 0.3) is 0 Å². The molecule has 2 aromatic carbocycles. The van der Waals surface area contributed by atoms with Gasteiger partial charge in [0.1, 0.15) is 11.8 Å². The molecular weight excluding hydrogens is 471 g/mol. The fraction of sp³-hybridized carbons (Fsp3) is 0.417. The first kappa shape index (κ1) is 26.3. The monoisotopic (exact) mass is 498 g/mol. The largest absolute Gasteiger partial charge is 0.494 e. The van der Waals surface area contributed by atoms with Crippen molar-refractivity contribution in [2.45, 2.75) is 52.1 Å². The minimum absolute atomic E-state index is 0.154. The van der Waals surface area contributed by atoms with Crippen LogP contribution in [0.3, 0.4) is 0 Å². The van der Waals surface area contributed by atoms with Crippen molar-refractivity contribution in [3.05, 3.63) is 63.1 Å². The van der Waals surface area contributed by atoms with Crippen LogP contribution in [0.1, 0.15) is 45.1 Å². The van der Waals surface area contributed by atoms with E-state index in [2.05, 4.69) is 5.32 Å². The molecule has 2 rings (SSSR count). The van der Waals surface area contributed by atoms with Crippen LogP contribution >= 0.6 is 34.8 Å². The first-order valence-electron chi connectivity index (χ1n) is 10.8. The lowest BCUT2D eigenvalue weighted by atomic mass is 10.1. The standard InChI is InChI=1S/C24H29Cl3N2O3/c1-3-14-28-24(31)22(4-2)29(16-19-20(26)7-5-8-21(19)27)23(30)9-6-15-32-18-12-10-17(25)11-13-18/h5,7-8,10-13,22H,3-4,6,9,14-16H2,1-2H3,(H,28,31)/t22-/m0/s1. The van der Waals surface area contributed by atoms with Gasteiger partial charge in [-0.3, -0.25) is 9.59 Å². The molecule has 0 heterocycles. The summed E-state index contributed by atoms with van der Waals surface area (Å²) in [6.45, 7) is 4.95. The van der Waals surface area contributed by atoms with Gasteiger partial charge in [0.2, 0.25) is 11.8 Å². The summed E-state index contributed by atoms with van der Waals surface area (Å²) in [7, 11) is 0. The highest BCUT2D eigenvalue weighted by Gasteiger charge is 2.29. The Bertz CT molecular complexity index is 870. The van der Waals surface area contributed by atoms with Crippen molar-refractivity contribution in [1.29, 1.82) is 0 Å². The maximum Gasteiger partial charge on any atom is 0.242 e. The Labute approximate surface area is 205 Å². The third-order valence-electron chi connectivity index (χ3n) is 4.94. The normalized spacial score (nSPS) is 11.7. The maximum absolute atomic E-state index is 13.2. The van der Waals surface area contributed by atoms with Crippen molar-refractivity contribution in [2.24, 2.45) is 0 Å². The predicted octanol–water partition coefficient (Wildman–Crippen LogP) is 6.14. The molecule has 0 aliphatic rings. The molecule has 0 aliphatic carbocycles. The van der Waals surface area contributed by atoms with Crippen LogP contribution in [-0.4, -0.2) is 35.9 Å². The van der Waals surface area contributed by atoms with E-state index < -0.39 is 6.04 Å². The van der Waals surface area contributed by atoms with E-state index in [1.807, 2.05) is 13.8 Å². The second kappa shape index (κ2) is 13.6. The average Bonchev–Trinajstić information content (AvgIpc) is 2.78. The minimum atomic E-state index is -0.612. The summed E-state index contributed by atoms with van der Waals surface area (Å²) in [6.07, 6.45) is 2.02. The number of carbonyl (C=O) groups is 2. The van der Waals surface area contributed by atoms with E-state index in [1.165, 1.54) is 0 Å². The van der Waals surface area contributed by atoms with E-state index in [0.717, 1.165) is 6.42 Å². The lowest BCUT2D eigenvalue weighted by Gasteiger charge is -2.31. The maximum atomic E-state index is 13.2. The number of carbonyl (C=O) groups excluding carboxylic acids is 2. The van der Waals surface area contributed by atoms with Crippen LogP contribution in [0.15, 0.2) is 42.5 Å². The molecule has 2 amide bonds. The quantitative estimate of drug-likeness (QED) is 0.357. The zero-order valence-corrected chi connectivity index (χ0v) is 20.6. The van der Waals surface area contributed by atoms with E-state index in [-0.39, 0.29) is 24.8 Å². The molecular formula is C24H29Cl3N2O3. The van der Waals surface area contributed by atoms with Gasteiger partial charge >= 0.3 is 0 Å². The summed E-state index contributed by atoms with van der Waals surface area (Å²) < 4.78 is 5.68. The zero-order chi connectivity index (χ0) is 23.5. The fourth-order valence-corrected chi connectivity index (χ4v) is 3.87. The molecule has 174 valence electrons. The van der Waals surface area contributed by atoms with Crippen LogP contribution in [0, 0.1) is 0 Å². The number of benzene rings is 2. The van der Waals surface area contributed by atoms with Crippen LogP contribution in [0.25, 0.3) is 0 Å². The Morgan fingerprint density at radius 3 is 2.28 bits per heavy atom. The Kier molecular flexibility index (Phi) is 11.1. The highest BCUT2D eigenvalue weighted by atomic mass is 35.5. The van der Waals surface area contributed by atoms with E-state index in [0.29, 0.717) is 52.4 Å². The minimum Gasteiger partial charge on any atom is -0.494 e. The average molecular weight is 500 g/mol. The third-order valence-corrected chi connectivity index (χ3v) is 5.90. The number of halogens is 3. The Balaban J connectivity index is 2.10. The van der Waals surface area contributed by atoms with Gasteiger partial charge in [0, 0.05) is 40.1 Å². The predicted molar refractivity (Wildman–Crippen MR) is 131 cm³/mol. The van der Waals surface area contributed by atoms with E-state index in [9.17, 15) is 9.59 Å². The molecule has 0 radical (unpaired) electrons. The fourth-order valence-electron chi connectivity index (χ4n) is 3.23. The number of hydrogen-bond acceptors (Lipinski definition) is 3. The van der Waals surface area contributed by atoms with Crippen molar-refractivity contribution in [3.8, 4) is 5.75 Å². The van der Waals surface area contributed by atoms with Crippen molar-refractivity contribution in [3.63, 3.8) is 0 Å². The Morgan fingerprint density at radius 2 is 1.69 bits per heavy atom. The molecule has 0 saturated heterocycles. The number of rotatable bonds is 12. The summed E-state index contributed by atoms with van der Waals surface area (Å²) in [5.74, 6) is 0.356. The molecule has 32 heavy (non-hydrogen) atoms. The van der Waals surface area contributed by atoms with Crippen LogP contribution in [0.4, 0.5) is 0 Å². The summed E-state index contributed by atoms with van der Waals surface area (Å²) >= 11 is 18.6. The summed E-state index contributed by atoms with van der Waals surface area (Å²) in [5.41, 5.74) is 0.628. The number of nitrogens with zero attached hydrogens (tertiary/aromatic N) is 1. The zero-order valence-electron chi connectivity index (χ0n) is 18.4. The van der Waals surface area contributed by atoms with Gasteiger partial charge in [-0.2, -0.15) is 0 Å². The third kappa shape index (κ3) is 7.88. The molecule has 5 nitrogen and oxygen atoms in total. The number of hydrogen-bond donors (Lipinski definition) is 1. The van der Waals surface area contributed by atoms with E-state index in [1.54, 1.807) is 47.4 Å². The second-order valence-electron chi connectivity index (χ2n) is 7.34. The Hall–Kier alpha value is -1.95. The van der Waals surface area contributed by atoms with Gasteiger partial charge in [0.15, 0.2) is 0 Å². The lowest BCUT2D eigenvalue weighted by Crippen LogP contribution is -2.49. The number of nitrogens with one attached hydrogen (secondary N) is 1. The lowest BCUT2D eigenvalue weighted by molar-refractivity contribution is -0.141. The van der Waals surface area contributed by atoms with E-state index >= 15 is 0 Å². The smallest absolute Gasteiger partial charge is 0.242 e. The SMILES string of the molecule is CCCNC(=O)[C@H](CC)N(Cc1c(Cl)cccc1Cl)C(=O)CCCOc1ccc(Cl)cc1. The van der Waals surface area contributed by atoms with Crippen molar-refractivity contribution < 1.29 is 14.3 Å².